The van der Waals surface area contributed by atoms with Gasteiger partial charge in [-0.3, -0.25) is 0 Å². The first kappa shape index (κ1) is 12.1. The van der Waals surface area contributed by atoms with Crippen LogP contribution in [0.15, 0.2) is 6.20 Å². The Hall–Kier alpha value is -0.410. The van der Waals surface area contributed by atoms with Crippen molar-refractivity contribution >= 4 is 11.3 Å². The summed E-state index contributed by atoms with van der Waals surface area (Å²) in [7, 11) is 0. The van der Waals surface area contributed by atoms with Crippen LogP contribution in [0, 0.1) is 11.8 Å². The number of thiazole rings is 1. The Kier molecular flexibility index (Phi) is 3.98. The van der Waals surface area contributed by atoms with Crippen molar-refractivity contribution in [2.75, 3.05) is 6.54 Å². The largest absolute Gasteiger partial charge is 0.312 e. The minimum Gasteiger partial charge on any atom is -0.312 e. The first-order chi connectivity index (χ1) is 7.66. The van der Waals surface area contributed by atoms with Gasteiger partial charge in [0.05, 0.1) is 5.01 Å². The second kappa shape index (κ2) is 5.28. The lowest BCUT2D eigenvalue weighted by Gasteiger charge is -2.10. The van der Waals surface area contributed by atoms with Crippen molar-refractivity contribution in [3.05, 3.63) is 16.1 Å². The van der Waals surface area contributed by atoms with Gasteiger partial charge >= 0.3 is 0 Å². The van der Waals surface area contributed by atoms with Crippen LogP contribution in [0.2, 0.25) is 0 Å². The number of hydrogen-bond donors (Lipinski definition) is 1. The van der Waals surface area contributed by atoms with E-state index in [0.717, 1.165) is 24.9 Å². The van der Waals surface area contributed by atoms with Gasteiger partial charge in [0.25, 0.3) is 0 Å². The van der Waals surface area contributed by atoms with Crippen molar-refractivity contribution in [3.8, 4) is 0 Å². The van der Waals surface area contributed by atoms with E-state index in [9.17, 15) is 0 Å². The highest BCUT2D eigenvalue weighted by Crippen LogP contribution is 2.36. The Balaban J connectivity index is 1.71. The van der Waals surface area contributed by atoms with Crippen molar-refractivity contribution in [3.63, 3.8) is 0 Å². The van der Waals surface area contributed by atoms with Crippen molar-refractivity contribution in [1.29, 1.82) is 0 Å². The molecule has 90 valence electrons. The van der Waals surface area contributed by atoms with Crippen LogP contribution in [-0.2, 0) is 6.54 Å². The van der Waals surface area contributed by atoms with Crippen molar-refractivity contribution < 1.29 is 0 Å². The summed E-state index contributed by atoms with van der Waals surface area (Å²) < 4.78 is 0. The maximum absolute atomic E-state index is 4.44. The molecule has 1 N–H and O–H groups in total. The summed E-state index contributed by atoms with van der Waals surface area (Å²) in [5.41, 5.74) is 0. The molecule has 0 amide bonds. The Morgan fingerprint density at radius 2 is 2.19 bits per heavy atom. The van der Waals surface area contributed by atoms with Crippen LogP contribution in [0.25, 0.3) is 0 Å². The first-order valence-electron chi connectivity index (χ1n) is 6.32. The quantitative estimate of drug-likeness (QED) is 0.821. The summed E-state index contributed by atoms with van der Waals surface area (Å²) in [5.74, 6) is 2.40. The zero-order chi connectivity index (χ0) is 11.5. The molecule has 2 rings (SSSR count). The Labute approximate surface area is 102 Å². The standard InChI is InChI=1S/C13H22N2S/c1-9(2)13-15-8-12(16-13)7-14-6-10(3)11-4-5-11/h8-11,14H,4-7H2,1-3H3. The minimum atomic E-state index is 0.559. The van der Waals surface area contributed by atoms with Gasteiger partial charge in [-0.15, -0.1) is 11.3 Å². The van der Waals surface area contributed by atoms with E-state index in [2.05, 4.69) is 31.1 Å². The number of nitrogens with one attached hydrogen (secondary N) is 1. The van der Waals surface area contributed by atoms with Crippen molar-refractivity contribution in [2.24, 2.45) is 11.8 Å². The Morgan fingerprint density at radius 3 is 2.75 bits per heavy atom. The van der Waals surface area contributed by atoms with Crippen molar-refractivity contribution in [2.45, 2.75) is 46.1 Å². The molecule has 0 saturated heterocycles. The zero-order valence-electron chi connectivity index (χ0n) is 10.5. The molecule has 1 aliphatic rings. The maximum atomic E-state index is 4.44. The summed E-state index contributed by atoms with van der Waals surface area (Å²) in [6.45, 7) is 8.90. The summed E-state index contributed by atoms with van der Waals surface area (Å²) in [6, 6.07) is 0. The predicted molar refractivity (Wildman–Crippen MR) is 69.8 cm³/mol. The molecule has 1 atom stereocenters. The molecule has 3 heteroatoms. The highest BCUT2D eigenvalue weighted by Gasteiger charge is 2.27. The number of rotatable bonds is 6. The molecule has 0 aromatic carbocycles. The average molecular weight is 238 g/mol. The molecule has 1 aromatic rings. The molecule has 0 radical (unpaired) electrons. The van der Waals surface area contributed by atoms with E-state index in [1.54, 1.807) is 0 Å². The molecule has 16 heavy (non-hydrogen) atoms. The van der Waals surface area contributed by atoms with Crippen LogP contribution in [-0.4, -0.2) is 11.5 Å². The Bertz CT molecular complexity index is 328. The van der Waals surface area contributed by atoms with E-state index in [-0.39, 0.29) is 0 Å². The second-order valence-electron chi connectivity index (χ2n) is 5.27. The molecule has 1 aromatic heterocycles. The number of nitrogens with zero attached hydrogens (tertiary/aromatic N) is 1. The van der Waals surface area contributed by atoms with E-state index in [1.165, 1.54) is 22.7 Å². The molecule has 2 nitrogen and oxygen atoms in total. The fourth-order valence-corrected chi connectivity index (χ4v) is 2.82. The van der Waals surface area contributed by atoms with E-state index in [1.807, 2.05) is 17.5 Å². The molecular formula is C13H22N2S. The van der Waals surface area contributed by atoms with E-state index in [4.69, 9.17) is 0 Å². The van der Waals surface area contributed by atoms with Gasteiger partial charge in [0.15, 0.2) is 0 Å². The fourth-order valence-electron chi connectivity index (χ4n) is 1.93. The van der Waals surface area contributed by atoms with Crippen LogP contribution >= 0.6 is 11.3 Å². The lowest BCUT2D eigenvalue weighted by atomic mass is 10.1. The van der Waals surface area contributed by atoms with E-state index < -0.39 is 0 Å². The average Bonchev–Trinajstić information content (AvgIpc) is 2.98. The van der Waals surface area contributed by atoms with Gasteiger partial charge in [-0.25, -0.2) is 4.98 Å². The number of aromatic nitrogens is 1. The predicted octanol–water partition coefficient (Wildman–Crippen LogP) is 3.40. The van der Waals surface area contributed by atoms with Gasteiger partial charge in [-0.1, -0.05) is 20.8 Å². The summed E-state index contributed by atoms with van der Waals surface area (Å²) in [4.78, 5) is 5.81. The molecule has 0 aliphatic heterocycles. The van der Waals surface area contributed by atoms with Crippen LogP contribution in [0.3, 0.4) is 0 Å². The van der Waals surface area contributed by atoms with Crippen LogP contribution in [0.4, 0.5) is 0 Å². The number of hydrogen-bond acceptors (Lipinski definition) is 3. The monoisotopic (exact) mass is 238 g/mol. The molecule has 1 saturated carbocycles. The molecule has 0 bridgehead atoms. The normalized spacial score (nSPS) is 18.0. The van der Waals surface area contributed by atoms with Gasteiger partial charge in [0.2, 0.25) is 0 Å². The fraction of sp³-hybridized carbons (Fsp3) is 0.769. The van der Waals surface area contributed by atoms with E-state index >= 15 is 0 Å². The van der Waals surface area contributed by atoms with Crippen LogP contribution < -0.4 is 5.32 Å². The third kappa shape index (κ3) is 3.29. The van der Waals surface area contributed by atoms with Crippen molar-refractivity contribution in [1.82, 2.24) is 10.3 Å². The Morgan fingerprint density at radius 1 is 1.44 bits per heavy atom. The highest BCUT2D eigenvalue weighted by molar-refractivity contribution is 7.11. The summed E-state index contributed by atoms with van der Waals surface area (Å²) >= 11 is 1.84. The zero-order valence-corrected chi connectivity index (χ0v) is 11.3. The molecular weight excluding hydrogens is 216 g/mol. The maximum Gasteiger partial charge on any atom is 0.0953 e. The third-order valence-corrected chi connectivity index (χ3v) is 4.56. The topological polar surface area (TPSA) is 24.9 Å². The highest BCUT2D eigenvalue weighted by atomic mass is 32.1. The van der Waals surface area contributed by atoms with Gasteiger partial charge in [0, 0.05) is 23.5 Å². The molecule has 1 aliphatic carbocycles. The lowest BCUT2D eigenvalue weighted by Crippen LogP contribution is -2.21. The van der Waals surface area contributed by atoms with Gasteiger partial charge < -0.3 is 5.32 Å². The van der Waals surface area contributed by atoms with E-state index in [0.29, 0.717) is 5.92 Å². The van der Waals surface area contributed by atoms with Gasteiger partial charge in [-0.05, 0) is 31.2 Å². The van der Waals surface area contributed by atoms with Crippen LogP contribution in [0.1, 0.15) is 49.4 Å². The lowest BCUT2D eigenvalue weighted by molar-refractivity contribution is 0.462. The molecule has 1 unspecified atom stereocenters. The smallest absolute Gasteiger partial charge is 0.0953 e. The summed E-state index contributed by atoms with van der Waals surface area (Å²) in [6.07, 6.45) is 4.91. The first-order valence-corrected chi connectivity index (χ1v) is 7.13. The van der Waals surface area contributed by atoms with Gasteiger partial charge in [0.1, 0.15) is 0 Å². The second-order valence-corrected chi connectivity index (χ2v) is 6.41. The molecule has 1 fully saturated rings. The third-order valence-electron chi connectivity index (χ3n) is 3.26. The van der Waals surface area contributed by atoms with Crippen LogP contribution in [0.5, 0.6) is 0 Å². The minimum absolute atomic E-state index is 0.559. The SMILES string of the molecule is CC(C)c1ncc(CNCC(C)C2CC2)s1. The summed E-state index contributed by atoms with van der Waals surface area (Å²) in [5, 5.41) is 4.80. The molecule has 0 spiro atoms. The molecule has 1 heterocycles. The van der Waals surface area contributed by atoms with Gasteiger partial charge in [-0.2, -0.15) is 0 Å².